The molecule has 1 fully saturated rings. The fraction of sp³-hybridized carbons (Fsp3) is 0.533. The van der Waals surface area contributed by atoms with Crippen LogP contribution in [0.1, 0.15) is 48.0 Å². The number of nitrogens with two attached hydrogens (primary N) is 1. The minimum atomic E-state index is -0.348. The van der Waals surface area contributed by atoms with Crippen LogP contribution < -0.4 is 11.1 Å². The third kappa shape index (κ3) is 3.03. The van der Waals surface area contributed by atoms with Gasteiger partial charge in [0.2, 0.25) is 0 Å². The molecular formula is C15H22N2O. The Morgan fingerprint density at radius 1 is 1.33 bits per heavy atom. The van der Waals surface area contributed by atoms with Gasteiger partial charge in [-0.15, -0.1) is 0 Å². The van der Waals surface area contributed by atoms with E-state index in [2.05, 4.69) is 5.32 Å². The summed E-state index contributed by atoms with van der Waals surface area (Å²) in [5.41, 5.74) is 7.90. The first kappa shape index (κ1) is 12.9. The lowest BCUT2D eigenvalue weighted by atomic mass is 9.89. The minimum Gasteiger partial charge on any atom is -0.384 e. The molecule has 1 saturated carbocycles. The van der Waals surface area contributed by atoms with Crippen molar-refractivity contribution in [2.75, 3.05) is 11.9 Å². The Labute approximate surface area is 109 Å². The Kier molecular flexibility index (Phi) is 4.24. The Balaban J connectivity index is 2.04. The highest BCUT2D eigenvalue weighted by Crippen LogP contribution is 2.25. The molecule has 1 aliphatic rings. The number of carbonyl (C=O) groups is 1. The van der Waals surface area contributed by atoms with Crippen molar-refractivity contribution in [1.82, 2.24) is 0 Å². The minimum absolute atomic E-state index is 0.348. The van der Waals surface area contributed by atoms with Gasteiger partial charge in [0.15, 0.2) is 0 Å². The average molecular weight is 246 g/mol. The van der Waals surface area contributed by atoms with Crippen molar-refractivity contribution < 1.29 is 4.79 Å². The van der Waals surface area contributed by atoms with Gasteiger partial charge < -0.3 is 11.1 Å². The molecule has 0 bridgehead atoms. The van der Waals surface area contributed by atoms with Crippen LogP contribution in [0.2, 0.25) is 0 Å². The highest BCUT2D eigenvalue weighted by atomic mass is 16.1. The second-order valence-corrected chi connectivity index (χ2v) is 5.25. The zero-order valence-electron chi connectivity index (χ0n) is 11.0. The van der Waals surface area contributed by atoms with Crippen LogP contribution >= 0.6 is 0 Å². The summed E-state index contributed by atoms with van der Waals surface area (Å²) in [6, 6.07) is 5.83. The van der Waals surface area contributed by atoms with E-state index in [0.29, 0.717) is 5.56 Å². The molecule has 1 aromatic rings. The summed E-state index contributed by atoms with van der Waals surface area (Å²) in [6.45, 7) is 2.87. The number of anilines is 1. The van der Waals surface area contributed by atoms with Gasteiger partial charge in [0, 0.05) is 12.2 Å². The molecule has 1 aromatic carbocycles. The van der Waals surface area contributed by atoms with E-state index in [1.807, 2.05) is 25.1 Å². The molecule has 0 atom stereocenters. The van der Waals surface area contributed by atoms with Crippen LogP contribution in [0.25, 0.3) is 0 Å². The smallest absolute Gasteiger partial charge is 0.251 e. The summed E-state index contributed by atoms with van der Waals surface area (Å²) < 4.78 is 0. The zero-order chi connectivity index (χ0) is 13.0. The van der Waals surface area contributed by atoms with Crippen LogP contribution in [0.5, 0.6) is 0 Å². The van der Waals surface area contributed by atoms with Crippen LogP contribution in [0.3, 0.4) is 0 Å². The van der Waals surface area contributed by atoms with E-state index in [1.54, 1.807) is 0 Å². The van der Waals surface area contributed by atoms with Gasteiger partial charge in [0.25, 0.3) is 5.91 Å². The molecule has 2 rings (SSSR count). The van der Waals surface area contributed by atoms with Crippen LogP contribution in [-0.2, 0) is 0 Å². The molecule has 0 heterocycles. The lowest BCUT2D eigenvalue weighted by molar-refractivity contribution is 0.100. The van der Waals surface area contributed by atoms with E-state index in [9.17, 15) is 4.79 Å². The summed E-state index contributed by atoms with van der Waals surface area (Å²) in [7, 11) is 0. The quantitative estimate of drug-likeness (QED) is 0.857. The number of amides is 1. The third-order valence-corrected chi connectivity index (χ3v) is 3.83. The van der Waals surface area contributed by atoms with Gasteiger partial charge in [-0.25, -0.2) is 0 Å². The SMILES string of the molecule is Cc1cccc(NCC2CCCCC2)c1C(N)=O. The van der Waals surface area contributed by atoms with Gasteiger partial charge in [-0.2, -0.15) is 0 Å². The van der Waals surface area contributed by atoms with Gasteiger partial charge in [-0.1, -0.05) is 31.4 Å². The Hall–Kier alpha value is -1.51. The number of hydrogen-bond donors (Lipinski definition) is 2. The van der Waals surface area contributed by atoms with Gasteiger partial charge in [-0.3, -0.25) is 4.79 Å². The molecule has 0 unspecified atom stereocenters. The summed E-state index contributed by atoms with van der Waals surface area (Å²) >= 11 is 0. The fourth-order valence-corrected chi connectivity index (χ4v) is 2.79. The van der Waals surface area contributed by atoms with Crippen LogP contribution in [0.15, 0.2) is 18.2 Å². The lowest BCUT2D eigenvalue weighted by Crippen LogP contribution is -2.20. The maximum atomic E-state index is 11.5. The standard InChI is InChI=1S/C15H22N2O/c1-11-6-5-9-13(14(11)15(16)18)17-10-12-7-3-2-4-8-12/h5-6,9,12,17H,2-4,7-8,10H2,1H3,(H2,16,18). The second-order valence-electron chi connectivity index (χ2n) is 5.25. The van der Waals surface area contributed by atoms with Crippen molar-refractivity contribution in [3.05, 3.63) is 29.3 Å². The number of benzene rings is 1. The van der Waals surface area contributed by atoms with Crippen molar-refractivity contribution >= 4 is 11.6 Å². The first-order valence-electron chi connectivity index (χ1n) is 6.82. The van der Waals surface area contributed by atoms with Crippen LogP contribution in [0.4, 0.5) is 5.69 Å². The number of nitrogens with one attached hydrogen (secondary N) is 1. The number of rotatable bonds is 4. The largest absolute Gasteiger partial charge is 0.384 e. The maximum absolute atomic E-state index is 11.5. The van der Waals surface area contributed by atoms with E-state index in [1.165, 1.54) is 32.1 Å². The molecule has 0 aromatic heterocycles. The van der Waals surface area contributed by atoms with Gasteiger partial charge in [0.1, 0.15) is 0 Å². The molecule has 3 N–H and O–H groups in total. The summed E-state index contributed by atoms with van der Waals surface area (Å²) in [5.74, 6) is 0.388. The maximum Gasteiger partial charge on any atom is 0.251 e. The molecule has 3 heteroatoms. The van der Waals surface area contributed by atoms with E-state index < -0.39 is 0 Å². The Morgan fingerprint density at radius 3 is 2.72 bits per heavy atom. The van der Waals surface area contributed by atoms with E-state index in [4.69, 9.17) is 5.73 Å². The van der Waals surface area contributed by atoms with Crippen molar-refractivity contribution in [2.24, 2.45) is 11.7 Å². The highest BCUT2D eigenvalue weighted by Gasteiger charge is 2.15. The monoisotopic (exact) mass is 246 g/mol. The van der Waals surface area contributed by atoms with Gasteiger partial charge in [0.05, 0.1) is 5.56 Å². The second kappa shape index (κ2) is 5.89. The molecule has 0 radical (unpaired) electrons. The fourth-order valence-electron chi connectivity index (χ4n) is 2.79. The van der Waals surface area contributed by atoms with Gasteiger partial charge >= 0.3 is 0 Å². The molecule has 0 saturated heterocycles. The molecule has 0 aliphatic heterocycles. The van der Waals surface area contributed by atoms with Crippen molar-refractivity contribution in [3.8, 4) is 0 Å². The highest BCUT2D eigenvalue weighted by molar-refractivity contribution is 5.99. The van der Waals surface area contributed by atoms with Crippen LogP contribution in [-0.4, -0.2) is 12.5 Å². The molecule has 1 aliphatic carbocycles. The summed E-state index contributed by atoms with van der Waals surface area (Å²) in [5, 5.41) is 3.40. The molecule has 18 heavy (non-hydrogen) atoms. The molecule has 0 spiro atoms. The Bertz CT molecular complexity index is 423. The topological polar surface area (TPSA) is 55.1 Å². The van der Waals surface area contributed by atoms with Crippen LogP contribution in [0, 0.1) is 12.8 Å². The molecular weight excluding hydrogens is 224 g/mol. The molecule has 98 valence electrons. The first-order chi connectivity index (χ1) is 8.68. The summed E-state index contributed by atoms with van der Waals surface area (Å²) in [6.07, 6.45) is 6.63. The first-order valence-corrected chi connectivity index (χ1v) is 6.82. The number of primary amides is 1. The zero-order valence-corrected chi connectivity index (χ0v) is 11.0. The lowest BCUT2D eigenvalue weighted by Gasteiger charge is -2.23. The van der Waals surface area contributed by atoms with E-state index in [0.717, 1.165) is 23.7 Å². The molecule has 1 amide bonds. The Morgan fingerprint density at radius 2 is 2.06 bits per heavy atom. The number of carbonyl (C=O) groups excluding carboxylic acids is 1. The van der Waals surface area contributed by atoms with Crippen molar-refractivity contribution in [3.63, 3.8) is 0 Å². The normalized spacial score (nSPS) is 16.5. The summed E-state index contributed by atoms with van der Waals surface area (Å²) in [4.78, 5) is 11.5. The van der Waals surface area contributed by atoms with Crippen molar-refractivity contribution in [2.45, 2.75) is 39.0 Å². The predicted molar refractivity (Wildman–Crippen MR) is 74.8 cm³/mol. The van der Waals surface area contributed by atoms with Crippen molar-refractivity contribution in [1.29, 1.82) is 0 Å². The third-order valence-electron chi connectivity index (χ3n) is 3.83. The number of aryl methyl sites for hydroxylation is 1. The van der Waals surface area contributed by atoms with E-state index >= 15 is 0 Å². The van der Waals surface area contributed by atoms with E-state index in [-0.39, 0.29) is 5.91 Å². The van der Waals surface area contributed by atoms with Gasteiger partial charge in [-0.05, 0) is 37.3 Å². The number of hydrogen-bond acceptors (Lipinski definition) is 2. The molecule has 3 nitrogen and oxygen atoms in total. The average Bonchev–Trinajstić information content (AvgIpc) is 2.37. The predicted octanol–water partition coefficient (Wildman–Crippen LogP) is 3.09.